The summed E-state index contributed by atoms with van der Waals surface area (Å²) >= 11 is 0. The summed E-state index contributed by atoms with van der Waals surface area (Å²) < 4.78 is 1.20. The molecule has 7 heteroatoms. The Kier molecular flexibility index (Phi) is 4.72. The summed E-state index contributed by atoms with van der Waals surface area (Å²) in [4.78, 5) is 32.4. The highest BCUT2D eigenvalue weighted by molar-refractivity contribution is 5.80. The second-order valence-corrected chi connectivity index (χ2v) is 6.46. The molecule has 4 rings (SSSR count). The minimum absolute atomic E-state index is 0.241. The number of hydrogen-bond acceptors (Lipinski definition) is 4. The van der Waals surface area contributed by atoms with Crippen molar-refractivity contribution in [2.75, 3.05) is 0 Å². The van der Waals surface area contributed by atoms with Crippen molar-refractivity contribution in [3.63, 3.8) is 0 Å². The fourth-order valence-electron chi connectivity index (χ4n) is 2.98. The molecule has 0 fully saturated rings. The number of imidazole rings is 1. The highest BCUT2D eigenvalue weighted by atomic mass is 16.2. The monoisotopic (exact) mass is 373 g/mol. The zero-order chi connectivity index (χ0) is 19.5. The predicted octanol–water partition coefficient (Wildman–Crippen LogP) is 2.66. The van der Waals surface area contributed by atoms with E-state index in [9.17, 15) is 9.59 Å². The number of H-pyrrole nitrogens is 1. The van der Waals surface area contributed by atoms with Crippen LogP contribution in [0.25, 0.3) is 22.3 Å². The molecule has 1 amide bonds. The summed E-state index contributed by atoms with van der Waals surface area (Å²) in [5.41, 5.74) is 2.94. The number of amides is 1. The molecule has 2 aromatic carbocycles. The molecule has 0 bridgehead atoms. The van der Waals surface area contributed by atoms with E-state index in [1.165, 1.54) is 10.7 Å². The number of hydrogen-bond donors (Lipinski definition) is 2. The van der Waals surface area contributed by atoms with E-state index in [2.05, 4.69) is 20.4 Å². The van der Waals surface area contributed by atoms with Crippen LogP contribution >= 0.6 is 0 Å². The fourth-order valence-corrected chi connectivity index (χ4v) is 2.98. The van der Waals surface area contributed by atoms with Gasteiger partial charge in [0.1, 0.15) is 11.9 Å². The predicted molar refractivity (Wildman–Crippen MR) is 107 cm³/mol. The Labute approximate surface area is 161 Å². The molecular formula is C21H19N5O2. The SMILES string of the molecule is CC(C(=O)NCc1nc2ccccc2[nH]1)n1nc(-c2ccccc2)ccc1=O. The first-order chi connectivity index (χ1) is 13.6. The quantitative estimate of drug-likeness (QED) is 0.562. The van der Waals surface area contributed by atoms with Crippen LogP contribution in [0.4, 0.5) is 0 Å². The van der Waals surface area contributed by atoms with Gasteiger partial charge in [-0.15, -0.1) is 0 Å². The minimum atomic E-state index is -0.749. The lowest BCUT2D eigenvalue weighted by Gasteiger charge is -2.14. The Bertz CT molecular complexity index is 1150. The van der Waals surface area contributed by atoms with Crippen molar-refractivity contribution in [3.05, 3.63) is 82.9 Å². The van der Waals surface area contributed by atoms with Crippen molar-refractivity contribution in [2.24, 2.45) is 0 Å². The van der Waals surface area contributed by atoms with Gasteiger partial charge in [-0.2, -0.15) is 5.10 Å². The molecular weight excluding hydrogens is 354 g/mol. The van der Waals surface area contributed by atoms with Crippen LogP contribution in [0.15, 0.2) is 71.5 Å². The van der Waals surface area contributed by atoms with Crippen molar-refractivity contribution < 1.29 is 4.79 Å². The van der Waals surface area contributed by atoms with E-state index < -0.39 is 6.04 Å². The van der Waals surface area contributed by atoms with Gasteiger partial charge < -0.3 is 10.3 Å². The Morgan fingerprint density at radius 2 is 1.82 bits per heavy atom. The summed E-state index contributed by atoms with van der Waals surface area (Å²) in [7, 11) is 0. The fraction of sp³-hybridized carbons (Fsp3) is 0.143. The molecule has 2 heterocycles. The second kappa shape index (κ2) is 7.48. The molecule has 0 saturated carbocycles. The van der Waals surface area contributed by atoms with Crippen LogP contribution in [-0.4, -0.2) is 25.7 Å². The second-order valence-electron chi connectivity index (χ2n) is 6.46. The van der Waals surface area contributed by atoms with Crippen LogP contribution in [0.2, 0.25) is 0 Å². The van der Waals surface area contributed by atoms with E-state index in [1.807, 2.05) is 54.6 Å². The number of aromatic nitrogens is 4. The Hall–Kier alpha value is -3.74. The van der Waals surface area contributed by atoms with Gasteiger partial charge in [-0.25, -0.2) is 9.67 Å². The highest BCUT2D eigenvalue weighted by Gasteiger charge is 2.18. The number of para-hydroxylation sites is 2. The first-order valence-electron chi connectivity index (χ1n) is 8.98. The lowest BCUT2D eigenvalue weighted by Crippen LogP contribution is -2.36. The van der Waals surface area contributed by atoms with Gasteiger partial charge in [0.25, 0.3) is 5.56 Å². The molecule has 0 spiro atoms. The van der Waals surface area contributed by atoms with Gasteiger partial charge in [-0.3, -0.25) is 9.59 Å². The number of rotatable bonds is 5. The number of benzene rings is 2. The molecule has 4 aromatic rings. The minimum Gasteiger partial charge on any atom is -0.347 e. The zero-order valence-electron chi connectivity index (χ0n) is 15.3. The van der Waals surface area contributed by atoms with Crippen molar-refractivity contribution in [2.45, 2.75) is 19.5 Å². The summed E-state index contributed by atoms with van der Waals surface area (Å²) in [6, 6.07) is 19.5. The van der Waals surface area contributed by atoms with Crippen LogP contribution in [0.1, 0.15) is 18.8 Å². The van der Waals surface area contributed by atoms with Gasteiger partial charge >= 0.3 is 0 Å². The lowest BCUT2D eigenvalue weighted by atomic mass is 10.1. The molecule has 0 radical (unpaired) electrons. The van der Waals surface area contributed by atoms with Crippen LogP contribution < -0.4 is 10.9 Å². The number of carbonyl (C=O) groups excluding carboxylic acids is 1. The molecule has 2 aromatic heterocycles. The summed E-state index contributed by atoms with van der Waals surface area (Å²) in [6.07, 6.45) is 0. The van der Waals surface area contributed by atoms with Gasteiger partial charge in [0, 0.05) is 11.6 Å². The highest BCUT2D eigenvalue weighted by Crippen LogP contribution is 2.15. The standard InChI is InChI=1S/C21H19N5O2/c1-14(21(28)22-13-19-23-17-9-5-6-10-18(17)24-19)26-20(27)12-11-16(25-26)15-7-3-2-4-8-15/h2-12,14H,13H2,1H3,(H,22,28)(H,23,24). The molecule has 28 heavy (non-hydrogen) atoms. The molecule has 1 unspecified atom stereocenters. The molecule has 0 aliphatic carbocycles. The van der Waals surface area contributed by atoms with Crippen molar-refractivity contribution in [3.8, 4) is 11.3 Å². The molecule has 0 aliphatic rings. The molecule has 0 aliphatic heterocycles. The van der Waals surface area contributed by atoms with Crippen molar-refractivity contribution >= 4 is 16.9 Å². The third-order valence-electron chi connectivity index (χ3n) is 4.51. The Balaban J connectivity index is 1.51. The molecule has 1 atom stereocenters. The third kappa shape index (κ3) is 3.55. The third-order valence-corrected chi connectivity index (χ3v) is 4.51. The normalized spacial score (nSPS) is 12.0. The van der Waals surface area contributed by atoms with Gasteiger partial charge in [-0.05, 0) is 25.1 Å². The topological polar surface area (TPSA) is 92.7 Å². The van der Waals surface area contributed by atoms with E-state index in [1.54, 1.807) is 13.0 Å². The van der Waals surface area contributed by atoms with Crippen molar-refractivity contribution in [1.82, 2.24) is 25.1 Å². The number of aromatic amines is 1. The molecule has 2 N–H and O–H groups in total. The molecule has 0 saturated heterocycles. The van der Waals surface area contributed by atoms with E-state index >= 15 is 0 Å². The summed E-state index contributed by atoms with van der Waals surface area (Å²) in [5.74, 6) is 0.348. The largest absolute Gasteiger partial charge is 0.347 e. The Morgan fingerprint density at radius 1 is 1.07 bits per heavy atom. The zero-order valence-corrected chi connectivity index (χ0v) is 15.3. The van der Waals surface area contributed by atoms with E-state index in [0.29, 0.717) is 11.5 Å². The van der Waals surface area contributed by atoms with Crippen molar-refractivity contribution in [1.29, 1.82) is 0 Å². The maximum atomic E-state index is 12.6. The van der Waals surface area contributed by atoms with Crippen LogP contribution in [-0.2, 0) is 11.3 Å². The van der Waals surface area contributed by atoms with E-state index in [0.717, 1.165) is 16.6 Å². The first kappa shape index (κ1) is 17.7. The maximum absolute atomic E-state index is 12.6. The summed E-state index contributed by atoms with van der Waals surface area (Å²) in [5, 5.41) is 7.19. The van der Waals surface area contributed by atoms with Crippen LogP contribution in [0.3, 0.4) is 0 Å². The molecule has 140 valence electrons. The number of fused-ring (bicyclic) bond motifs is 1. The van der Waals surface area contributed by atoms with Gasteiger partial charge in [0.2, 0.25) is 5.91 Å². The number of carbonyl (C=O) groups is 1. The van der Waals surface area contributed by atoms with Gasteiger partial charge in [-0.1, -0.05) is 42.5 Å². The van der Waals surface area contributed by atoms with Gasteiger partial charge in [0.15, 0.2) is 0 Å². The lowest BCUT2D eigenvalue weighted by molar-refractivity contribution is -0.124. The summed E-state index contributed by atoms with van der Waals surface area (Å²) in [6.45, 7) is 1.89. The number of nitrogens with one attached hydrogen (secondary N) is 2. The Morgan fingerprint density at radius 3 is 2.61 bits per heavy atom. The smallest absolute Gasteiger partial charge is 0.267 e. The van der Waals surface area contributed by atoms with Crippen LogP contribution in [0.5, 0.6) is 0 Å². The number of nitrogens with zero attached hydrogens (tertiary/aromatic N) is 3. The molecule has 7 nitrogen and oxygen atoms in total. The first-order valence-corrected chi connectivity index (χ1v) is 8.98. The average molecular weight is 373 g/mol. The van der Waals surface area contributed by atoms with E-state index in [4.69, 9.17) is 0 Å². The van der Waals surface area contributed by atoms with Crippen LogP contribution in [0, 0.1) is 0 Å². The average Bonchev–Trinajstić information content (AvgIpc) is 3.15. The van der Waals surface area contributed by atoms with Gasteiger partial charge in [0.05, 0.1) is 23.3 Å². The maximum Gasteiger partial charge on any atom is 0.267 e. The van der Waals surface area contributed by atoms with E-state index in [-0.39, 0.29) is 18.0 Å².